The Bertz CT molecular complexity index is 560. The molecule has 0 aliphatic carbocycles. The van der Waals surface area contributed by atoms with E-state index in [0.29, 0.717) is 23.5 Å². The van der Waals surface area contributed by atoms with E-state index in [1.54, 1.807) is 18.4 Å². The standard InChI is InChI=1S/C13H13Cl2IN2O2/c1-13(7-14,8-16)10-5-11(17-18-12(10)15)20-6-9-3-2-4-19-9/h2-5H,6-8H2,1H3. The van der Waals surface area contributed by atoms with Crippen LogP contribution in [0.4, 0.5) is 0 Å². The molecule has 2 aromatic heterocycles. The van der Waals surface area contributed by atoms with Gasteiger partial charge in [0.2, 0.25) is 5.88 Å². The van der Waals surface area contributed by atoms with Crippen LogP contribution in [0.2, 0.25) is 5.15 Å². The zero-order valence-corrected chi connectivity index (χ0v) is 14.4. The molecule has 0 aliphatic heterocycles. The van der Waals surface area contributed by atoms with Crippen LogP contribution < -0.4 is 4.74 Å². The van der Waals surface area contributed by atoms with Gasteiger partial charge in [-0.15, -0.1) is 21.8 Å². The maximum Gasteiger partial charge on any atom is 0.234 e. The molecule has 0 spiro atoms. The fourth-order valence-electron chi connectivity index (χ4n) is 1.57. The molecule has 0 aliphatic rings. The summed E-state index contributed by atoms with van der Waals surface area (Å²) in [6, 6.07) is 5.43. The first-order valence-electron chi connectivity index (χ1n) is 5.90. The predicted octanol–water partition coefficient (Wildman–Crippen LogP) is 4.23. The molecular formula is C13H13Cl2IN2O2. The molecule has 1 unspecified atom stereocenters. The number of halogens is 3. The van der Waals surface area contributed by atoms with Gasteiger partial charge in [-0.3, -0.25) is 0 Å². The average Bonchev–Trinajstić information content (AvgIpc) is 2.99. The number of furan rings is 1. The molecule has 0 saturated heterocycles. The maximum atomic E-state index is 6.13. The van der Waals surface area contributed by atoms with Gasteiger partial charge in [0.05, 0.1) is 6.26 Å². The van der Waals surface area contributed by atoms with Crippen molar-refractivity contribution in [3.05, 3.63) is 40.9 Å². The highest BCUT2D eigenvalue weighted by Gasteiger charge is 2.28. The van der Waals surface area contributed by atoms with Gasteiger partial charge in [0.15, 0.2) is 5.15 Å². The normalized spacial score (nSPS) is 14.0. The quantitative estimate of drug-likeness (QED) is 0.512. The summed E-state index contributed by atoms with van der Waals surface area (Å²) < 4.78 is 11.6. The van der Waals surface area contributed by atoms with Crippen LogP contribution in [0, 0.1) is 0 Å². The Labute approximate surface area is 140 Å². The third kappa shape index (κ3) is 3.56. The molecule has 2 rings (SSSR count). The van der Waals surface area contributed by atoms with Gasteiger partial charge in [-0.1, -0.05) is 41.1 Å². The van der Waals surface area contributed by atoms with Gasteiger partial charge >= 0.3 is 0 Å². The van der Waals surface area contributed by atoms with Crippen LogP contribution in [-0.2, 0) is 12.0 Å². The predicted molar refractivity (Wildman–Crippen MR) is 87.0 cm³/mol. The van der Waals surface area contributed by atoms with E-state index >= 15 is 0 Å². The van der Waals surface area contributed by atoms with Gasteiger partial charge in [-0.2, -0.15) is 0 Å². The van der Waals surface area contributed by atoms with Crippen molar-refractivity contribution in [1.82, 2.24) is 10.2 Å². The minimum absolute atomic E-state index is 0.266. The van der Waals surface area contributed by atoms with E-state index < -0.39 is 0 Å². The lowest BCUT2D eigenvalue weighted by Gasteiger charge is -2.25. The lowest BCUT2D eigenvalue weighted by molar-refractivity contribution is 0.257. The summed E-state index contributed by atoms with van der Waals surface area (Å²) in [7, 11) is 0. The number of nitrogens with zero attached hydrogens (tertiary/aromatic N) is 2. The van der Waals surface area contributed by atoms with E-state index in [-0.39, 0.29) is 5.41 Å². The third-order valence-corrected chi connectivity index (χ3v) is 5.46. The van der Waals surface area contributed by atoms with Crippen molar-refractivity contribution in [1.29, 1.82) is 0 Å². The first-order valence-corrected chi connectivity index (χ1v) is 8.33. The Morgan fingerprint density at radius 3 is 2.85 bits per heavy atom. The summed E-state index contributed by atoms with van der Waals surface area (Å²) in [6.07, 6.45) is 1.60. The highest BCUT2D eigenvalue weighted by molar-refractivity contribution is 14.1. The van der Waals surface area contributed by atoms with E-state index in [9.17, 15) is 0 Å². The Kier molecular flexibility index (Phi) is 5.51. The van der Waals surface area contributed by atoms with E-state index in [4.69, 9.17) is 32.4 Å². The van der Waals surface area contributed by atoms with Gasteiger partial charge in [-0.25, -0.2) is 0 Å². The van der Waals surface area contributed by atoms with Crippen LogP contribution in [0.3, 0.4) is 0 Å². The molecule has 0 amide bonds. The van der Waals surface area contributed by atoms with Crippen molar-refractivity contribution in [2.45, 2.75) is 18.9 Å². The molecule has 108 valence electrons. The molecule has 20 heavy (non-hydrogen) atoms. The van der Waals surface area contributed by atoms with Crippen LogP contribution in [0.15, 0.2) is 28.9 Å². The van der Waals surface area contributed by atoms with Gasteiger partial charge in [-0.05, 0) is 12.1 Å². The van der Waals surface area contributed by atoms with Gasteiger partial charge < -0.3 is 9.15 Å². The molecule has 7 heteroatoms. The van der Waals surface area contributed by atoms with E-state index in [1.165, 1.54) is 0 Å². The number of aromatic nitrogens is 2. The van der Waals surface area contributed by atoms with Crippen molar-refractivity contribution in [3.63, 3.8) is 0 Å². The second-order valence-corrected chi connectivity index (χ2v) is 5.97. The summed E-state index contributed by atoms with van der Waals surface area (Å²) in [6.45, 7) is 2.33. The van der Waals surface area contributed by atoms with Crippen molar-refractivity contribution in [2.75, 3.05) is 10.3 Å². The van der Waals surface area contributed by atoms with Crippen molar-refractivity contribution >= 4 is 45.8 Å². The lowest BCUT2D eigenvalue weighted by Crippen LogP contribution is -2.27. The lowest BCUT2D eigenvalue weighted by atomic mass is 9.88. The van der Waals surface area contributed by atoms with Crippen LogP contribution in [0.25, 0.3) is 0 Å². The first-order chi connectivity index (χ1) is 9.59. The number of ether oxygens (including phenoxy) is 1. The van der Waals surface area contributed by atoms with Crippen LogP contribution in [0.5, 0.6) is 5.88 Å². The van der Waals surface area contributed by atoms with E-state index in [1.807, 2.05) is 13.0 Å². The number of alkyl halides is 2. The molecule has 0 aromatic carbocycles. The number of hydrogen-bond donors (Lipinski definition) is 0. The Balaban J connectivity index is 2.20. The second-order valence-electron chi connectivity index (χ2n) is 4.58. The molecular weight excluding hydrogens is 414 g/mol. The Morgan fingerprint density at radius 2 is 2.25 bits per heavy atom. The first kappa shape index (κ1) is 15.9. The largest absolute Gasteiger partial charge is 0.468 e. The maximum absolute atomic E-state index is 6.13. The summed E-state index contributed by atoms with van der Waals surface area (Å²) in [4.78, 5) is 0. The van der Waals surface area contributed by atoms with Crippen LogP contribution in [-0.4, -0.2) is 20.5 Å². The third-order valence-electron chi connectivity index (χ3n) is 2.91. The van der Waals surface area contributed by atoms with Crippen LogP contribution in [0.1, 0.15) is 18.2 Å². The summed E-state index contributed by atoms with van der Waals surface area (Å²) >= 11 is 14.5. The molecule has 0 radical (unpaired) electrons. The van der Waals surface area contributed by atoms with Crippen molar-refractivity contribution in [3.8, 4) is 5.88 Å². The van der Waals surface area contributed by atoms with Gasteiger partial charge in [0, 0.05) is 27.4 Å². The van der Waals surface area contributed by atoms with Crippen molar-refractivity contribution < 1.29 is 9.15 Å². The fraction of sp³-hybridized carbons (Fsp3) is 0.385. The molecule has 0 fully saturated rings. The smallest absolute Gasteiger partial charge is 0.234 e. The number of rotatable bonds is 6. The van der Waals surface area contributed by atoms with Crippen LogP contribution >= 0.6 is 45.8 Å². The Morgan fingerprint density at radius 1 is 1.45 bits per heavy atom. The topological polar surface area (TPSA) is 48.2 Å². The second kappa shape index (κ2) is 6.95. The SMILES string of the molecule is CC(CCl)(CI)c1cc(OCc2ccco2)nnc1Cl. The molecule has 0 saturated carbocycles. The highest BCUT2D eigenvalue weighted by atomic mass is 127. The van der Waals surface area contributed by atoms with E-state index in [2.05, 4.69) is 32.8 Å². The Hall–Kier alpha value is -0.530. The highest BCUT2D eigenvalue weighted by Crippen LogP contribution is 2.33. The molecule has 1 atom stereocenters. The minimum Gasteiger partial charge on any atom is -0.468 e. The molecule has 0 N–H and O–H groups in total. The van der Waals surface area contributed by atoms with Crippen molar-refractivity contribution in [2.24, 2.45) is 0 Å². The van der Waals surface area contributed by atoms with E-state index in [0.717, 1.165) is 15.8 Å². The molecule has 0 bridgehead atoms. The minimum atomic E-state index is -0.266. The van der Waals surface area contributed by atoms with Gasteiger partial charge in [0.1, 0.15) is 12.4 Å². The summed E-state index contributed by atoms with van der Waals surface area (Å²) in [5.41, 5.74) is 0.575. The average molecular weight is 427 g/mol. The summed E-state index contributed by atoms with van der Waals surface area (Å²) in [5, 5.41) is 8.22. The number of hydrogen-bond acceptors (Lipinski definition) is 4. The summed E-state index contributed by atoms with van der Waals surface area (Å²) in [5.74, 6) is 1.57. The molecule has 4 nitrogen and oxygen atoms in total. The fourth-order valence-corrected chi connectivity index (χ4v) is 3.13. The zero-order chi connectivity index (χ0) is 14.6. The molecule has 2 heterocycles. The zero-order valence-electron chi connectivity index (χ0n) is 10.8. The monoisotopic (exact) mass is 426 g/mol. The van der Waals surface area contributed by atoms with Gasteiger partial charge in [0.25, 0.3) is 0 Å². The molecule has 2 aromatic rings.